The molecule has 264 valence electrons. The molecule has 4 fully saturated rings. The van der Waals surface area contributed by atoms with Gasteiger partial charge >= 0.3 is 6.09 Å². The van der Waals surface area contributed by atoms with Crippen molar-refractivity contribution in [2.45, 2.75) is 102 Å². The van der Waals surface area contributed by atoms with Crippen molar-refractivity contribution in [2.24, 2.45) is 11.3 Å². The molecule has 0 spiro atoms. The number of amides is 2. The molecule has 7 rings (SSSR count). The van der Waals surface area contributed by atoms with Crippen LogP contribution >= 0.6 is 0 Å². The molecule has 0 unspecified atom stereocenters. The van der Waals surface area contributed by atoms with Crippen molar-refractivity contribution in [2.75, 3.05) is 38.3 Å². The smallest absolute Gasteiger partial charge is 0.407 e. The number of methoxy groups -OCH3 is 1. The Morgan fingerprint density at radius 3 is 2.47 bits per heavy atom. The Bertz CT molecular complexity index is 1600. The summed E-state index contributed by atoms with van der Waals surface area (Å²) in [7, 11) is 1.73. The van der Waals surface area contributed by atoms with E-state index in [1.807, 2.05) is 30.9 Å². The molecule has 0 atom stereocenters. The summed E-state index contributed by atoms with van der Waals surface area (Å²) in [6, 6.07) is 10.6. The number of fused-ring (bicyclic) bond motifs is 3. The van der Waals surface area contributed by atoms with Gasteiger partial charge in [0.05, 0.1) is 19.1 Å². The molecule has 10 nitrogen and oxygen atoms in total. The molecular formula is C39H52N4O6. The monoisotopic (exact) mass is 672 g/mol. The third-order valence-corrected chi connectivity index (χ3v) is 11.5. The number of nitrogens with zero attached hydrogens (tertiary/aromatic N) is 3. The summed E-state index contributed by atoms with van der Waals surface area (Å²) in [6.07, 6.45) is 14.7. The highest BCUT2D eigenvalue weighted by atomic mass is 16.5. The average Bonchev–Trinajstić information content (AvgIpc) is 3.65. The summed E-state index contributed by atoms with van der Waals surface area (Å²) in [6.45, 7) is 6.61. The van der Waals surface area contributed by atoms with Crippen LogP contribution in [0.1, 0.15) is 101 Å². The third-order valence-electron chi connectivity index (χ3n) is 11.5. The number of nitrogens with one attached hydrogen (secondary N) is 1. The topological polar surface area (TPSA) is 127 Å². The number of rotatable bonds is 12. The number of aliphatic hydroxyl groups is 1. The Morgan fingerprint density at radius 1 is 1.06 bits per heavy atom. The van der Waals surface area contributed by atoms with E-state index in [0.29, 0.717) is 23.9 Å². The van der Waals surface area contributed by atoms with E-state index in [9.17, 15) is 9.59 Å². The predicted molar refractivity (Wildman–Crippen MR) is 188 cm³/mol. The lowest BCUT2D eigenvalue weighted by atomic mass is 9.51. The molecule has 2 amide bonds. The van der Waals surface area contributed by atoms with Crippen molar-refractivity contribution >= 4 is 17.8 Å². The van der Waals surface area contributed by atoms with Gasteiger partial charge in [0.15, 0.2) is 0 Å². The number of oxazole rings is 1. The summed E-state index contributed by atoms with van der Waals surface area (Å²) < 4.78 is 16.8. The van der Waals surface area contributed by atoms with Crippen LogP contribution in [0.3, 0.4) is 0 Å². The Hall–Kier alpha value is -3.92. The molecule has 3 aromatic rings. The zero-order chi connectivity index (χ0) is 34.6. The van der Waals surface area contributed by atoms with Gasteiger partial charge in [-0.2, -0.15) is 0 Å². The summed E-state index contributed by atoms with van der Waals surface area (Å²) in [4.78, 5) is 37.9. The molecule has 2 aromatic heterocycles. The summed E-state index contributed by atoms with van der Waals surface area (Å²) in [5.41, 5.74) is 3.64. The van der Waals surface area contributed by atoms with E-state index in [1.165, 1.54) is 17.5 Å². The van der Waals surface area contributed by atoms with Crippen molar-refractivity contribution in [1.82, 2.24) is 15.3 Å². The van der Waals surface area contributed by atoms with Crippen molar-refractivity contribution in [3.05, 3.63) is 59.8 Å². The first-order valence-corrected chi connectivity index (χ1v) is 18.0. The predicted octanol–water partition coefficient (Wildman–Crippen LogP) is 7.26. The third kappa shape index (κ3) is 7.49. The number of benzene rings is 1. The lowest BCUT2D eigenvalue weighted by molar-refractivity contribution is -0.124. The molecule has 2 N–H and O–H groups in total. The normalized spacial score (nSPS) is 22.5. The SMILES string of the molecule is COc1ccc(C23CCC(CN(C(=O)C4CCCCC4)c4cc(-c5coc(C(C)(C)COC(=O)NCCO)n5)ccn4)(CC2)CC3)cc1C. The van der Waals surface area contributed by atoms with Crippen LogP contribution in [0.25, 0.3) is 11.3 Å². The quantitative estimate of drug-likeness (QED) is 0.206. The van der Waals surface area contributed by atoms with Crippen LogP contribution in [-0.4, -0.2) is 60.5 Å². The molecule has 0 radical (unpaired) electrons. The fourth-order valence-electron chi connectivity index (χ4n) is 8.28. The van der Waals surface area contributed by atoms with Gasteiger partial charge in [0.2, 0.25) is 11.8 Å². The van der Waals surface area contributed by atoms with E-state index in [2.05, 4.69) is 30.4 Å². The first-order valence-electron chi connectivity index (χ1n) is 18.0. The van der Waals surface area contributed by atoms with Gasteiger partial charge in [-0.15, -0.1) is 0 Å². The number of aryl methyl sites for hydroxylation is 1. The van der Waals surface area contributed by atoms with Crippen molar-refractivity contribution in [1.29, 1.82) is 0 Å². The number of anilines is 1. The second-order valence-electron chi connectivity index (χ2n) is 15.3. The second kappa shape index (κ2) is 14.5. The van der Waals surface area contributed by atoms with Gasteiger partial charge in [-0.1, -0.05) is 31.4 Å². The Kier molecular flexibility index (Phi) is 10.3. The first kappa shape index (κ1) is 34.9. The number of carbonyl (C=O) groups excluding carboxylic acids is 2. The maximum atomic E-state index is 14.4. The summed E-state index contributed by atoms with van der Waals surface area (Å²) in [5, 5.41) is 11.4. The number of ether oxygens (including phenoxy) is 2. The zero-order valence-electron chi connectivity index (χ0n) is 29.6. The highest BCUT2D eigenvalue weighted by molar-refractivity contribution is 5.94. The minimum Gasteiger partial charge on any atom is -0.496 e. The van der Waals surface area contributed by atoms with E-state index in [1.54, 1.807) is 19.6 Å². The van der Waals surface area contributed by atoms with Gasteiger partial charge in [0.25, 0.3) is 0 Å². The molecule has 49 heavy (non-hydrogen) atoms. The van der Waals surface area contributed by atoms with Crippen molar-refractivity contribution in [3.63, 3.8) is 0 Å². The van der Waals surface area contributed by atoms with Gasteiger partial charge in [-0.3, -0.25) is 9.69 Å². The number of aromatic nitrogens is 2. The lowest BCUT2D eigenvalue weighted by Crippen LogP contribution is -2.51. The van der Waals surface area contributed by atoms with Gasteiger partial charge < -0.3 is 24.3 Å². The van der Waals surface area contributed by atoms with Crippen LogP contribution in [-0.2, 0) is 20.4 Å². The summed E-state index contributed by atoms with van der Waals surface area (Å²) >= 11 is 0. The highest BCUT2D eigenvalue weighted by Crippen LogP contribution is 2.58. The second-order valence-corrected chi connectivity index (χ2v) is 15.3. The molecule has 2 bridgehead atoms. The Balaban J connectivity index is 1.21. The maximum Gasteiger partial charge on any atom is 0.407 e. The first-order chi connectivity index (χ1) is 23.6. The number of aliphatic hydroxyl groups excluding tert-OH is 1. The number of pyridine rings is 1. The minimum absolute atomic E-state index is 0.0261. The Morgan fingerprint density at radius 2 is 1.80 bits per heavy atom. The molecule has 10 heteroatoms. The van der Waals surface area contributed by atoms with Crippen LogP contribution in [0.15, 0.2) is 47.2 Å². The molecule has 0 aliphatic heterocycles. The fraction of sp³-hybridized carbons (Fsp3) is 0.590. The van der Waals surface area contributed by atoms with Crippen LogP contribution in [0, 0.1) is 18.3 Å². The molecule has 0 saturated heterocycles. The largest absolute Gasteiger partial charge is 0.496 e. The highest BCUT2D eigenvalue weighted by Gasteiger charge is 2.50. The van der Waals surface area contributed by atoms with Crippen LogP contribution in [0.2, 0.25) is 0 Å². The minimum atomic E-state index is -0.686. The molecule has 4 aliphatic carbocycles. The van der Waals surface area contributed by atoms with Gasteiger partial charge in [0, 0.05) is 30.8 Å². The summed E-state index contributed by atoms with van der Waals surface area (Å²) in [5.74, 6) is 2.27. The Labute approximate surface area is 290 Å². The molecule has 4 saturated carbocycles. The van der Waals surface area contributed by atoms with Crippen LogP contribution in [0.4, 0.5) is 10.6 Å². The molecule has 2 heterocycles. The number of carbonyl (C=O) groups is 2. The molecular weight excluding hydrogens is 620 g/mol. The number of hydrogen-bond donors (Lipinski definition) is 2. The fourth-order valence-corrected chi connectivity index (χ4v) is 8.28. The van der Waals surface area contributed by atoms with E-state index in [-0.39, 0.29) is 42.4 Å². The maximum absolute atomic E-state index is 14.4. The van der Waals surface area contributed by atoms with E-state index >= 15 is 0 Å². The number of alkyl carbamates (subject to hydrolysis) is 1. The zero-order valence-corrected chi connectivity index (χ0v) is 29.6. The van der Waals surface area contributed by atoms with Gasteiger partial charge in [-0.05, 0) is 112 Å². The van der Waals surface area contributed by atoms with Crippen LogP contribution in [0.5, 0.6) is 5.75 Å². The van der Waals surface area contributed by atoms with Gasteiger partial charge in [-0.25, -0.2) is 14.8 Å². The van der Waals surface area contributed by atoms with E-state index in [4.69, 9.17) is 29.0 Å². The van der Waals surface area contributed by atoms with Crippen molar-refractivity contribution in [3.8, 4) is 17.0 Å². The standard InChI is InChI=1S/C39H52N4O6/c1-27-22-30(10-11-32(27)47-4)39-16-13-38(14-17-39,15-18-39)25-43(34(45)28-8-6-5-7-9-28)33-23-29(12-19-40-33)31-24-48-35(42-31)37(2,3)26-49-36(46)41-20-21-44/h10-12,19,22-24,28,44H,5-9,13-18,20-21,25-26H2,1-4H3,(H,41,46). The molecule has 1 aromatic carbocycles. The van der Waals surface area contributed by atoms with Gasteiger partial charge in [0.1, 0.15) is 30.1 Å². The van der Waals surface area contributed by atoms with E-state index < -0.39 is 11.5 Å². The molecule has 4 aliphatic rings. The average molecular weight is 673 g/mol. The number of hydrogen-bond acceptors (Lipinski definition) is 8. The van der Waals surface area contributed by atoms with E-state index in [0.717, 1.165) is 75.5 Å². The van der Waals surface area contributed by atoms with Crippen LogP contribution < -0.4 is 15.0 Å². The van der Waals surface area contributed by atoms with Crippen molar-refractivity contribution < 1.29 is 28.6 Å². The lowest BCUT2D eigenvalue weighted by Gasteiger charge is -2.55.